The van der Waals surface area contributed by atoms with E-state index < -0.39 is 23.5 Å². The van der Waals surface area contributed by atoms with E-state index >= 15 is 0 Å². The van der Waals surface area contributed by atoms with Gasteiger partial charge in [0.2, 0.25) is 0 Å². The highest BCUT2D eigenvalue weighted by Gasteiger charge is 2.31. The van der Waals surface area contributed by atoms with E-state index in [0.29, 0.717) is 37.3 Å². The standard InChI is InChI=1S/C32H30F6N2/c1-23(28-8-3-2-4-9-28)39-19-26-6-5-7-27(18-26)22-40(20-24-10-14-29(15-11-24)31(33,34)35)21-25-12-16-30(17-13-25)32(36,37)38/h2-18,23,39H,19-22H2,1H3/t23-/m1/s1. The zero-order chi connectivity index (χ0) is 28.8. The van der Waals surface area contributed by atoms with Crippen molar-refractivity contribution in [1.29, 1.82) is 0 Å². The van der Waals surface area contributed by atoms with Gasteiger partial charge < -0.3 is 5.32 Å². The van der Waals surface area contributed by atoms with Crippen LogP contribution in [0.15, 0.2) is 103 Å². The summed E-state index contributed by atoms with van der Waals surface area (Å²) in [4.78, 5) is 2.00. The molecule has 0 spiro atoms. The van der Waals surface area contributed by atoms with Gasteiger partial charge in [-0.2, -0.15) is 26.3 Å². The molecular formula is C32H30F6N2. The molecule has 2 nitrogen and oxygen atoms in total. The van der Waals surface area contributed by atoms with Crippen molar-refractivity contribution in [2.75, 3.05) is 0 Å². The van der Waals surface area contributed by atoms with Crippen LogP contribution in [0.1, 0.15) is 51.9 Å². The second kappa shape index (κ2) is 12.7. The topological polar surface area (TPSA) is 15.3 Å². The molecule has 4 rings (SSSR count). The van der Waals surface area contributed by atoms with Gasteiger partial charge in [0.05, 0.1) is 11.1 Å². The van der Waals surface area contributed by atoms with E-state index in [2.05, 4.69) is 30.4 Å². The van der Waals surface area contributed by atoms with Gasteiger partial charge in [-0.15, -0.1) is 0 Å². The number of hydrogen-bond donors (Lipinski definition) is 1. The minimum atomic E-state index is -4.43. The van der Waals surface area contributed by atoms with E-state index in [9.17, 15) is 26.3 Å². The molecule has 1 atom stereocenters. The average Bonchev–Trinajstić information content (AvgIpc) is 2.92. The Morgan fingerprint density at radius 3 is 1.55 bits per heavy atom. The van der Waals surface area contributed by atoms with Crippen LogP contribution in [0.5, 0.6) is 0 Å². The number of halogens is 6. The lowest BCUT2D eigenvalue weighted by Crippen LogP contribution is -2.23. The number of nitrogens with one attached hydrogen (secondary N) is 1. The molecular weight excluding hydrogens is 526 g/mol. The third-order valence-electron chi connectivity index (χ3n) is 6.68. The van der Waals surface area contributed by atoms with Crippen molar-refractivity contribution in [2.24, 2.45) is 0 Å². The van der Waals surface area contributed by atoms with E-state index in [1.807, 2.05) is 41.3 Å². The zero-order valence-electron chi connectivity index (χ0n) is 21.9. The summed E-state index contributed by atoms with van der Waals surface area (Å²) in [5.74, 6) is 0. The Bertz CT molecular complexity index is 1290. The average molecular weight is 557 g/mol. The molecule has 1 N–H and O–H groups in total. The molecule has 0 aliphatic rings. The number of alkyl halides is 6. The Balaban J connectivity index is 1.49. The second-order valence-corrected chi connectivity index (χ2v) is 9.87. The number of rotatable bonds is 10. The van der Waals surface area contributed by atoms with E-state index in [4.69, 9.17) is 0 Å². The highest BCUT2D eigenvalue weighted by atomic mass is 19.4. The lowest BCUT2D eigenvalue weighted by molar-refractivity contribution is -0.138. The maximum absolute atomic E-state index is 13.0. The lowest BCUT2D eigenvalue weighted by Gasteiger charge is -2.24. The molecule has 0 aliphatic carbocycles. The maximum atomic E-state index is 13.0. The van der Waals surface area contributed by atoms with Gasteiger partial charge in [-0.05, 0) is 59.0 Å². The van der Waals surface area contributed by atoms with Crippen molar-refractivity contribution in [3.8, 4) is 0 Å². The molecule has 210 valence electrons. The van der Waals surface area contributed by atoms with Crippen LogP contribution in [0.25, 0.3) is 0 Å². The molecule has 0 aliphatic heterocycles. The van der Waals surface area contributed by atoms with E-state index in [-0.39, 0.29) is 6.04 Å². The summed E-state index contributed by atoms with van der Waals surface area (Å²) in [5, 5.41) is 3.51. The first-order valence-electron chi connectivity index (χ1n) is 12.9. The van der Waals surface area contributed by atoms with Crippen LogP contribution in [0.3, 0.4) is 0 Å². The van der Waals surface area contributed by atoms with Gasteiger partial charge >= 0.3 is 12.4 Å². The third-order valence-corrected chi connectivity index (χ3v) is 6.68. The molecule has 4 aromatic carbocycles. The largest absolute Gasteiger partial charge is 0.416 e. The number of nitrogens with zero attached hydrogens (tertiary/aromatic N) is 1. The summed E-state index contributed by atoms with van der Waals surface area (Å²) in [6.07, 6.45) is -8.85. The summed E-state index contributed by atoms with van der Waals surface area (Å²) in [5.41, 5.74) is 3.14. The number of benzene rings is 4. The smallest absolute Gasteiger partial charge is 0.306 e. The van der Waals surface area contributed by atoms with Crippen LogP contribution in [0.4, 0.5) is 26.3 Å². The minimum Gasteiger partial charge on any atom is -0.306 e. The van der Waals surface area contributed by atoms with Gasteiger partial charge in [-0.3, -0.25) is 4.90 Å². The van der Waals surface area contributed by atoms with Crippen molar-refractivity contribution in [3.63, 3.8) is 0 Å². The highest BCUT2D eigenvalue weighted by molar-refractivity contribution is 5.28. The SMILES string of the molecule is C[C@@H](NCc1cccc(CN(Cc2ccc(C(F)(F)F)cc2)Cc2ccc(C(F)(F)F)cc2)c1)c1ccccc1. The van der Waals surface area contributed by atoms with E-state index in [1.54, 1.807) is 0 Å². The summed E-state index contributed by atoms with van der Waals surface area (Å²) < 4.78 is 78.1. The fourth-order valence-corrected chi connectivity index (χ4v) is 4.51. The van der Waals surface area contributed by atoms with Gasteiger partial charge in [0.15, 0.2) is 0 Å². The monoisotopic (exact) mass is 556 g/mol. The molecule has 0 radical (unpaired) electrons. The quantitative estimate of drug-likeness (QED) is 0.197. The van der Waals surface area contributed by atoms with Crippen LogP contribution in [-0.4, -0.2) is 4.90 Å². The molecule has 0 fully saturated rings. The van der Waals surface area contributed by atoms with Gasteiger partial charge in [0.1, 0.15) is 0 Å². The molecule has 40 heavy (non-hydrogen) atoms. The summed E-state index contributed by atoms with van der Waals surface area (Å²) in [7, 11) is 0. The summed E-state index contributed by atoms with van der Waals surface area (Å²) >= 11 is 0. The Kier molecular flexibility index (Phi) is 9.32. The molecule has 8 heteroatoms. The van der Waals surface area contributed by atoms with Gasteiger partial charge in [-0.1, -0.05) is 78.9 Å². The lowest BCUT2D eigenvalue weighted by atomic mass is 10.1. The fraction of sp³-hybridized carbons (Fsp3) is 0.250. The normalized spacial score (nSPS) is 13.0. The predicted molar refractivity (Wildman–Crippen MR) is 144 cm³/mol. The molecule has 0 saturated heterocycles. The Morgan fingerprint density at radius 1 is 0.575 bits per heavy atom. The van der Waals surface area contributed by atoms with Crippen molar-refractivity contribution >= 4 is 0 Å². The van der Waals surface area contributed by atoms with Crippen LogP contribution < -0.4 is 5.32 Å². The summed E-state index contributed by atoms with van der Waals surface area (Å²) in [6, 6.07) is 28.2. The molecule has 0 unspecified atom stereocenters. The zero-order valence-corrected chi connectivity index (χ0v) is 21.9. The molecule has 4 aromatic rings. The molecule has 0 amide bonds. The first-order chi connectivity index (χ1) is 19.0. The number of hydrogen-bond acceptors (Lipinski definition) is 2. The van der Waals surface area contributed by atoms with Crippen LogP contribution in [-0.2, 0) is 38.5 Å². The van der Waals surface area contributed by atoms with Gasteiger partial charge in [0.25, 0.3) is 0 Å². The van der Waals surface area contributed by atoms with Crippen molar-refractivity contribution in [2.45, 2.75) is 51.5 Å². The molecule has 0 bridgehead atoms. The maximum Gasteiger partial charge on any atom is 0.416 e. The Labute approximate surface area is 230 Å². The van der Waals surface area contributed by atoms with Crippen LogP contribution >= 0.6 is 0 Å². The summed E-state index contributed by atoms with van der Waals surface area (Å²) in [6.45, 7) is 3.85. The Hall–Kier alpha value is -3.62. The molecule has 0 aromatic heterocycles. The highest BCUT2D eigenvalue weighted by Crippen LogP contribution is 2.31. The molecule has 0 saturated carbocycles. The van der Waals surface area contributed by atoms with Crippen molar-refractivity contribution in [1.82, 2.24) is 10.2 Å². The first kappa shape index (κ1) is 29.4. The fourth-order valence-electron chi connectivity index (χ4n) is 4.51. The van der Waals surface area contributed by atoms with Gasteiger partial charge in [0, 0.05) is 32.2 Å². The van der Waals surface area contributed by atoms with Gasteiger partial charge in [-0.25, -0.2) is 0 Å². The first-order valence-corrected chi connectivity index (χ1v) is 12.9. The minimum absolute atomic E-state index is 0.153. The van der Waals surface area contributed by atoms with Crippen molar-refractivity contribution < 1.29 is 26.3 Å². The van der Waals surface area contributed by atoms with Crippen LogP contribution in [0.2, 0.25) is 0 Å². The Morgan fingerprint density at radius 2 is 1.05 bits per heavy atom. The second-order valence-electron chi connectivity index (χ2n) is 9.87. The predicted octanol–water partition coefficient (Wildman–Crippen LogP) is 8.78. The van der Waals surface area contributed by atoms with E-state index in [0.717, 1.165) is 35.4 Å². The van der Waals surface area contributed by atoms with Crippen molar-refractivity contribution in [3.05, 3.63) is 142 Å². The third kappa shape index (κ3) is 8.44. The van der Waals surface area contributed by atoms with E-state index in [1.165, 1.54) is 29.8 Å². The molecule has 0 heterocycles. The van der Waals surface area contributed by atoms with Crippen LogP contribution in [0, 0.1) is 0 Å².